The highest BCUT2D eigenvalue weighted by molar-refractivity contribution is 5.83. The highest BCUT2D eigenvalue weighted by atomic mass is 16.8. The second kappa shape index (κ2) is 4.77. The van der Waals surface area contributed by atoms with Crippen LogP contribution in [0, 0.1) is 0 Å². The molecule has 0 spiro atoms. The number of anilines is 2. The van der Waals surface area contributed by atoms with Crippen LogP contribution in [0.2, 0.25) is 0 Å². The Morgan fingerprint density at radius 1 is 1.24 bits per heavy atom. The molecule has 0 atom stereocenters. The lowest BCUT2D eigenvalue weighted by Gasteiger charge is -2.13. The van der Waals surface area contributed by atoms with Crippen molar-refractivity contribution in [3.05, 3.63) is 36.7 Å². The predicted molar refractivity (Wildman–Crippen MR) is 77.3 cm³/mol. The number of benzene rings is 1. The first kappa shape index (κ1) is 13.4. The normalized spacial score (nSPS) is 11.8. The third kappa shape index (κ3) is 2.68. The molecule has 1 aromatic carbocycles. The number of nitrogens with one attached hydrogen (secondary N) is 1. The van der Waals surface area contributed by atoms with Crippen LogP contribution in [0.25, 0.3) is 10.9 Å². The third-order valence-electron chi connectivity index (χ3n) is 3.08. The van der Waals surface area contributed by atoms with E-state index in [9.17, 15) is 10.4 Å². The van der Waals surface area contributed by atoms with Gasteiger partial charge in [-0.05, 0) is 23.0 Å². The number of nitrogens with zero attached hydrogens (tertiary/aromatic N) is 5. The van der Waals surface area contributed by atoms with E-state index in [0.29, 0.717) is 0 Å². The van der Waals surface area contributed by atoms with Gasteiger partial charge in [-0.1, -0.05) is 0 Å². The van der Waals surface area contributed by atoms with Crippen LogP contribution < -0.4 is 10.1 Å². The maximum absolute atomic E-state index is 9.49. The molecule has 0 saturated heterocycles. The Balaban J connectivity index is 1.91. The number of aromatic nitrogens is 4. The molecule has 108 valence electrons. The smallest absolute Gasteiger partial charge is 0.298 e. The van der Waals surface area contributed by atoms with Gasteiger partial charge in [-0.15, -0.1) is 0 Å². The van der Waals surface area contributed by atoms with Gasteiger partial charge in [0.2, 0.25) is 5.95 Å². The van der Waals surface area contributed by atoms with E-state index in [1.807, 2.05) is 25.2 Å². The lowest BCUT2D eigenvalue weighted by atomic mass is 10.2. The summed E-state index contributed by atoms with van der Waals surface area (Å²) in [6, 6.07) is 7.17. The number of quaternary nitrogens is 1. The topological polar surface area (TPSA) is 96.1 Å². The Morgan fingerprint density at radius 2 is 2.05 bits per heavy atom. The van der Waals surface area contributed by atoms with Crippen molar-refractivity contribution in [1.82, 2.24) is 24.6 Å². The molecule has 2 aromatic heterocycles. The van der Waals surface area contributed by atoms with Crippen LogP contribution in [0.1, 0.15) is 0 Å². The van der Waals surface area contributed by atoms with E-state index in [4.69, 9.17) is 0 Å². The highest BCUT2D eigenvalue weighted by Crippen LogP contribution is 2.21. The Hall–Kier alpha value is -2.55. The van der Waals surface area contributed by atoms with E-state index in [-0.39, 0.29) is 11.8 Å². The molecular formula is C13H15N6O2+. The van der Waals surface area contributed by atoms with Crippen molar-refractivity contribution in [2.75, 3.05) is 12.4 Å². The molecule has 0 aliphatic rings. The van der Waals surface area contributed by atoms with Crippen molar-refractivity contribution in [2.24, 2.45) is 7.05 Å². The minimum Gasteiger partial charge on any atom is -0.324 e. The van der Waals surface area contributed by atoms with Gasteiger partial charge in [-0.2, -0.15) is 20.5 Å². The molecule has 3 aromatic rings. The minimum atomic E-state index is -1.35. The van der Waals surface area contributed by atoms with E-state index >= 15 is 0 Å². The fourth-order valence-corrected chi connectivity index (χ4v) is 2.02. The SMILES string of the molecule is Cn1ncc2cc(Nc3nccc([N+](C)(O)O)n3)ccc21. The van der Waals surface area contributed by atoms with Crippen molar-refractivity contribution in [3.63, 3.8) is 0 Å². The Bertz CT molecular complexity index is 793. The van der Waals surface area contributed by atoms with E-state index in [1.54, 1.807) is 10.9 Å². The van der Waals surface area contributed by atoms with Crippen LogP contribution in [0.4, 0.5) is 17.5 Å². The van der Waals surface area contributed by atoms with Gasteiger partial charge in [0.1, 0.15) is 7.05 Å². The molecule has 0 aliphatic heterocycles. The van der Waals surface area contributed by atoms with Crippen molar-refractivity contribution < 1.29 is 10.4 Å². The lowest BCUT2D eigenvalue weighted by molar-refractivity contribution is -0.274. The van der Waals surface area contributed by atoms with Gasteiger partial charge in [0.25, 0.3) is 5.82 Å². The predicted octanol–water partition coefficient (Wildman–Crippen LogP) is 1.82. The molecular weight excluding hydrogens is 272 g/mol. The van der Waals surface area contributed by atoms with Gasteiger partial charge in [0.05, 0.1) is 11.7 Å². The molecule has 3 N–H and O–H groups in total. The molecule has 8 nitrogen and oxygen atoms in total. The quantitative estimate of drug-likeness (QED) is 0.502. The van der Waals surface area contributed by atoms with Crippen LogP contribution in [-0.2, 0) is 7.05 Å². The fourth-order valence-electron chi connectivity index (χ4n) is 2.02. The molecule has 0 fully saturated rings. The van der Waals surface area contributed by atoms with Gasteiger partial charge in [-0.3, -0.25) is 4.68 Å². The van der Waals surface area contributed by atoms with Crippen LogP contribution in [0.3, 0.4) is 0 Å². The Labute approximate surface area is 120 Å². The minimum absolute atomic E-state index is 0.0648. The summed E-state index contributed by atoms with van der Waals surface area (Å²) < 4.78 is 1.79. The molecule has 2 heterocycles. The zero-order valence-corrected chi connectivity index (χ0v) is 11.6. The maximum Gasteiger partial charge on any atom is 0.298 e. The number of fused-ring (bicyclic) bond motifs is 1. The molecule has 8 heteroatoms. The zero-order valence-electron chi connectivity index (χ0n) is 11.6. The van der Waals surface area contributed by atoms with Crippen LogP contribution in [0.5, 0.6) is 0 Å². The summed E-state index contributed by atoms with van der Waals surface area (Å²) in [6.45, 7) is 0. The summed E-state index contributed by atoms with van der Waals surface area (Å²) in [5.41, 5.74) is 1.81. The molecule has 0 saturated carbocycles. The number of hydroxylamine groups is 2. The molecule has 0 unspecified atom stereocenters. The molecule has 0 aliphatic carbocycles. The molecule has 0 bridgehead atoms. The van der Waals surface area contributed by atoms with Gasteiger partial charge in [0, 0.05) is 30.4 Å². The number of aryl methyl sites for hydroxylation is 1. The monoisotopic (exact) mass is 287 g/mol. The summed E-state index contributed by atoms with van der Waals surface area (Å²) >= 11 is 0. The molecule has 0 amide bonds. The van der Waals surface area contributed by atoms with E-state index in [0.717, 1.165) is 16.6 Å². The van der Waals surface area contributed by atoms with Gasteiger partial charge in [-0.25, -0.2) is 4.98 Å². The van der Waals surface area contributed by atoms with Crippen LogP contribution >= 0.6 is 0 Å². The van der Waals surface area contributed by atoms with Gasteiger partial charge >= 0.3 is 0 Å². The summed E-state index contributed by atoms with van der Waals surface area (Å²) in [7, 11) is 3.07. The average molecular weight is 287 g/mol. The number of rotatable bonds is 3. The number of hydrogen-bond donors (Lipinski definition) is 3. The summed E-state index contributed by atoms with van der Waals surface area (Å²) in [4.78, 5) is 6.76. The van der Waals surface area contributed by atoms with Crippen molar-refractivity contribution in [1.29, 1.82) is 0 Å². The second-order valence-corrected chi connectivity index (χ2v) is 4.82. The van der Waals surface area contributed by atoms with Crippen LogP contribution in [0.15, 0.2) is 36.7 Å². The first-order valence-electron chi connectivity index (χ1n) is 6.28. The fraction of sp³-hybridized carbons (Fsp3) is 0.154. The second-order valence-electron chi connectivity index (χ2n) is 4.82. The van der Waals surface area contributed by atoms with Gasteiger partial charge in [0.15, 0.2) is 0 Å². The third-order valence-corrected chi connectivity index (χ3v) is 3.08. The largest absolute Gasteiger partial charge is 0.324 e. The van der Waals surface area contributed by atoms with Gasteiger partial charge < -0.3 is 5.32 Å². The molecule has 21 heavy (non-hydrogen) atoms. The van der Waals surface area contributed by atoms with Crippen molar-refractivity contribution in [2.45, 2.75) is 0 Å². The molecule has 0 radical (unpaired) electrons. The maximum atomic E-state index is 9.49. The van der Waals surface area contributed by atoms with Crippen molar-refractivity contribution >= 4 is 28.4 Å². The molecule has 3 rings (SSSR count). The summed E-state index contributed by atoms with van der Waals surface area (Å²) in [5.74, 6) is 0.346. The standard InChI is InChI=1S/C13H15N6O2/c1-18-11-4-3-10(7-9(11)8-15-18)16-13-14-6-5-12(17-13)19(2,20)21/h3-8,20-21H,1-2H3,(H,14,16,17)/q+1. The first-order valence-corrected chi connectivity index (χ1v) is 6.28. The highest BCUT2D eigenvalue weighted by Gasteiger charge is 2.22. The van der Waals surface area contributed by atoms with E-state index < -0.39 is 4.81 Å². The van der Waals surface area contributed by atoms with Crippen LogP contribution in [-0.4, -0.2) is 37.2 Å². The lowest BCUT2D eigenvalue weighted by Crippen LogP contribution is -2.37. The Kier molecular flexibility index (Phi) is 3.05. The summed E-state index contributed by atoms with van der Waals surface area (Å²) in [5, 5.41) is 27.2. The average Bonchev–Trinajstić information content (AvgIpc) is 2.79. The summed E-state index contributed by atoms with van der Waals surface area (Å²) in [6.07, 6.45) is 3.23. The first-order chi connectivity index (χ1) is 9.93. The van der Waals surface area contributed by atoms with Crippen molar-refractivity contribution in [3.8, 4) is 0 Å². The zero-order chi connectivity index (χ0) is 15.0. The van der Waals surface area contributed by atoms with E-state index in [1.165, 1.54) is 19.3 Å². The van der Waals surface area contributed by atoms with E-state index in [2.05, 4.69) is 20.4 Å². The number of hydrogen-bond acceptors (Lipinski definition) is 6. The Morgan fingerprint density at radius 3 is 2.81 bits per heavy atom.